The molecule has 0 saturated carbocycles. The van der Waals surface area contributed by atoms with Crippen molar-refractivity contribution in [2.45, 2.75) is 27.7 Å². The molecule has 0 fully saturated rings. The van der Waals surface area contributed by atoms with Crippen molar-refractivity contribution >= 4 is 5.69 Å². The second-order valence-corrected chi connectivity index (χ2v) is 2.91. The van der Waals surface area contributed by atoms with Crippen molar-refractivity contribution in [3.8, 4) is 0 Å². The van der Waals surface area contributed by atoms with Gasteiger partial charge in [-0.1, -0.05) is 32.9 Å². The quantitative estimate of drug-likeness (QED) is 0.744. The van der Waals surface area contributed by atoms with Crippen molar-refractivity contribution in [3.05, 3.63) is 29.8 Å². The number of benzene rings is 1. The average molecular weight is 194 g/mol. The molecule has 0 unspecified atom stereocenters. The lowest BCUT2D eigenvalue weighted by atomic mass is 10.2. The summed E-state index contributed by atoms with van der Waals surface area (Å²) >= 11 is 0. The zero-order valence-corrected chi connectivity index (χ0v) is 9.96. The molecular formula is C12H22N2. The Hall–Kier alpha value is -1.02. The molecule has 0 saturated heterocycles. The first kappa shape index (κ1) is 13.0. The van der Waals surface area contributed by atoms with Crippen molar-refractivity contribution in [1.82, 2.24) is 5.43 Å². The van der Waals surface area contributed by atoms with Gasteiger partial charge in [-0.05, 0) is 24.6 Å². The lowest BCUT2D eigenvalue weighted by Crippen LogP contribution is -2.33. The van der Waals surface area contributed by atoms with E-state index in [1.165, 1.54) is 11.3 Å². The lowest BCUT2D eigenvalue weighted by molar-refractivity contribution is 0.709. The van der Waals surface area contributed by atoms with Crippen LogP contribution in [0, 0.1) is 6.92 Å². The summed E-state index contributed by atoms with van der Waals surface area (Å²) in [6, 6.07) is 8.42. The van der Waals surface area contributed by atoms with E-state index in [9.17, 15) is 0 Å². The van der Waals surface area contributed by atoms with E-state index in [2.05, 4.69) is 43.5 Å². The first-order valence-electron chi connectivity index (χ1n) is 5.28. The zero-order chi connectivity index (χ0) is 11.0. The summed E-state index contributed by atoms with van der Waals surface area (Å²) in [5, 5.41) is 2.03. The summed E-state index contributed by atoms with van der Waals surface area (Å²) in [5.74, 6) is 0. The highest BCUT2D eigenvalue weighted by Gasteiger charge is 1.96. The summed E-state index contributed by atoms with van der Waals surface area (Å²) in [7, 11) is 2.03. The van der Waals surface area contributed by atoms with Gasteiger partial charge in [0.1, 0.15) is 0 Å². The van der Waals surface area contributed by atoms with Crippen molar-refractivity contribution in [3.63, 3.8) is 0 Å². The predicted octanol–water partition coefficient (Wildman–Crippen LogP) is 2.98. The Bertz CT molecular complexity index is 246. The maximum absolute atomic E-state index is 3.22. The van der Waals surface area contributed by atoms with Crippen LogP contribution in [-0.2, 0) is 0 Å². The average Bonchev–Trinajstić information content (AvgIpc) is 2.21. The van der Waals surface area contributed by atoms with Crippen LogP contribution in [0.2, 0.25) is 0 Å². The second kappa shape index (κ2) is 7.39. The maximum Gasteiger partial charge on any atom is 0.0518 e. The molecule has 1 aromatic carbocycles. The van der Waals surface area contributed by atoms with Gasteiger partial charge in [-0.15, -0.1) is 0 Å². The number of aryl methyl sites for hydroxylation is 1. The summed E-state index contributed by atoms with van der Waals surface area (Å²) in [5.41, 5.74) is 5.72. The third kappa shape index (κ3) is 4.28. The Kier molecular flexibility index (Phi) is 6.85. The molecule has 0 spiro atoms. The van der Waals surface area contributed by atoms with E-state index >= 15 is 0 Å². The molecule has 2 heteroatoms. The van der Waals surface area contributed by atoms with Gasteiger partial charge in [-0.3, -0.25) is 0 Å². The highest BCUT2D eigenvalue weighted by molar-refractivity contribution is 5.46. The van der Waals surface area contributed by atoms with Gasteiger partial charge in [0, 0.05) is 13.6 Å². The molecular weight excluding hydrogens is 172 g/mol. The molecule has 0 aliphatic rings. The fourth-order valence-electron chi connectivity index (χ4n) is 1.17. The number of hydrazine groups is 1. The molecule has 0 aliphatic heterocycles. The van der Waals surface area contributed by atoms with Crippen LogP contribution in [-0.4, -0.2) is 13.6 Å². The highest BCUT2D eigenvalue weighted by Crippen LogP contribution is 2.11. The third-order valence-corrected chi connectivity index (χ3v) is 1.78. The first-order chi connectivity index (χ1) is 6.74. The Morgan fingerprint density at radius 3 is 2.43 bits per heavy atom. The molecule has 1 rings (SSSR count). The molecule has 0 aliphatic carbocycles. The Morgan fingerprint density at radius 2 is 1.93 bits per heavy atom. The van der Waals surface area contributed by atoms with Crippen LogP contribution in [0.5, 0.6) is 0 Å². The summed E-state index contributed by atoms with van der Waals surface area (Å²) in [4.78, 5) is 0. The molecule has 0 radical (unpaired) electrons. The maximum atomic E-state index is 3.22. The van der Waals surface area contributed by atoms with Crippen LogP contribution in [0.3, 0.4) is 0 Å². The van der Waals surface area contributed by atoms with Crippen molar-refractivity contribution < 1.29 is 0 Å². The molecule has 1 aromatic rings. The van der Waals surface area contributed by atoms with Crippen molar-refractivity contribution in [1.29, 1.82) is 0 Å². The number of anilines is 1. The minimum absolute atomic E-state index is 0.949. The molecule has 0 atom stereocenters. The summed E-state index contributed by atoms with van der Waals surface area (Å²) in [6.45, 7) is 9.14. The van der Waals surface area contributed by atoms with Crippen LogP contribution in [0.1, 0.15) is 26.3 Å². The summed E-state index contributed by atoms with van der Waals surface area (Å²) in [6.07, 6.45) is 0. The monoisotopic (exact) mass is 194 g/mol. The molecule has 0 amide bonds. The normalized spacial score (nSPS) is 8.93. The second-order valence-electron chi connectivity index (χ2n) is 2.91. The summed E-state index contributed by atoms with van der Waals surface area (Å²) < 4.78 is 0. The van der Waals surface area contributed by atoms with Gasteiger partial charge in [-0.25, -0.2) is 5.43 Å². The van der Waals surface area contributed by atoms with Gasteiger partial charge >= 0.3 is 0 Å². The van der Waals surface area contributed by atoms with Crippen LogP contribution < -0.4 is 10.4 Å². The minimum Gasteiger partial charge on any atom is -0.312 e. The lowest BCUT2D eigenvalue weighted by Gasteiger charge is -2.19. The van der Waals surface area contributed by atoms with E-state index in [1.807, 2.05) is 25.9 Å². The van der Waals surface area contributed by atoms with Crippen LogP contribution in [0.25, 0.3) is 0 Å². The fourth-order valence-corrected chi connectivity index (χ4v) is 1.17. The molecule has 80 valence electrons. The molecule has 0 heterocycles. The largest absolute Gasteiger partial charge is 0.312 e. The van der Waals surface area contributed by atoms with E-state index in [4.69, 9.17) is 0 Å². The van der Waals surface area contributed by atoms with Gasteiger partial charge in [0.15, 0.2) is 0 Å². The first-order valence-corrected chi connectivity index (χ1v) is 5.28. The smallest absolute Gasteiger partial charge is 0.0518 e. The zero-order valence-electron chi connectivity index (χ0n) is 9.96. The van der Waals surface area contributed by atoms with E-state index < -0.39 is 0 Å². The van der Waals surface area contributed by atoms with E-state index in [0.29, 0.717) is 0 Å². The van der Waals surface area contributed by atoms with Gasteiger partial charge in [0.25, 0.3) is 0 Å². The van der Waals surface area contributed by atoms with Gasteiger partial charge in [-0.2, -0.15) is 0 Å². The molecule has 14 heavy (non-hydrogen) atoms. The van der Waals surface area contributed by atoms with E-state index in [1.54, 1.807) is 0 Å². The molecule has 1 N–H and O–H groups in total. The molecule has 2 nitrogen and oxygen atoms in total. The van der Waals surface area contributed by atoms with Gasteiger partial charge in [0.2, 0.25) is 0 Å². The topological polar surface area (TPSA) is 15.3 Å². The number of hydrogen-bond donors (Lipinski definition) is 1. The van der Waals surface area contributed by atoms with Crippen molar-refractivity contribution in [2.24, 2.45) is 0 Å². The Balaban J connectivity index is 0.000000791. The minimum atomic E-state index is 0.949. The van der Waals surface area contributed by atoms with Gasteiger partial charge < -0.3 is 5.01 Å². The number of hydrogen-bond acceptors (Lipinski definition) is 2. The Morgan fingerprint density at radius 1 is 1.29 bits per heavy atom. The predicted molar refractivity (Wildman–Crippen MR) is 64.6 cm³/mol. The van der Waals surface area contributed by atoms with Crippen molar-refractivity contribution in [2.75, 3.05) is 18.6 Å². The van der Waals surface area contributed by atoms with E-state index in [-0.39, 0.29) is 0 Å². The Labute approximate surface area is 87.9 Å². The van der Waals surface area contributed by atoms with Crippen LogP contribution in [0.15, 0.2) is 24.3 Å². The fraction of sp³-hybridized carbons (Fsp3) is 0.500. The highest BCUT2D eigenvalue weighted by atomic mass is 15.5. The molecule has 0 bridgehead atoms. The van der Waals surface area contributed by atoms with Crippen LogP contribution >= 0.6 is 0 Å². The number of rotatable bonds is 3. The number of nitrogens with one attached hydrogen (secondary N) is 1. The van der Waals surface area contributed by atoms with Gasteiger partial charge in [0.05, 0.1) is 5.69 Å². The molecule has 0 aromatic heterocycles. The number of nitrogens with zero attached hydrogens (tertiary/aromatic N) is 1. The SMILES string of the molecule is CC.CCNN(C)c1cccc(C)c1. The standard InChI is InChI=1S/C10H16N2.C2H6/c1-4-11-12(3)10-7-5-6-9(2)8-10;1-2/h5-8,11H,4H2,1-3H3;1-2H3. The third-order valence-electron chi connectivity index (χ3n) is 1.78. The van der Waals surface area contributed by atoms with E-state index in [0.717, 1.165) is 6.54 Å². The van der Waals surface area contributed by atoms with Crippen LogP contribution in [0.4, 0.5) is 5.69 Å².